The van der Waals surface area contributed by atoms with Gasteiger partial charge in [0, 0.05) is 36.5 Å². The van der Waals surface area contributed by atoms with E-state index in [4.69, 9.17) is 11.5 Å². The standard InChI is InChI=1S/C18H27N5O2S/c1-18(2,20)10-15(26)23-14-9-11(6-7-12(14)16(19)24)22-13-5-3-4-8-21-17(13)25/h6-7,9-10,13,22-23,26H,3-5,8,20H2,1-2H3,(H2,19,24)(H,21,25)/p+1/b15-10-. The topological polar surface area (TPSA) is 122 Å². The smallest absolute Gasteiger partial charge is 0.250 e. The molecule has 0 aromatic heterocycles. The van der Waals surface area contributed by atoms with E-state index >= 15 is 0 Å². The molecule has 1 aromatic carbocycles. The van der Waals surface area contributed by atoms with E-state index < -0.39 is 11.4 Å². The predicted molar refractivity (Wildman–Crippen MR) is 109 cm³/mol. The van der Waals surface area contributed by atoms with Crippen LogP contribution in [0.1, 0.15) is 43.5 Å². The number of carbonyl (C=O) groups is 2. The number of rotatable bonds is 6. The summed E-state index contributed by atoms with van der Waals surface area (Å²) in [5, 5.41) is 9.85. The highest BCUT2D eigenvalue weighted by molar-refractivity contribution is 7.63. The number of carbonyl (C=O) groups excluding carboxylic acids is 2. The minimum absolute atomic E-state index is 0.0124. The first-order valence-corrected chi connectivity index (χ1v) is 9.14. The second-order valence-electron chi connectivity index (χ2n) is 7.11. The van der Waals surface area contributed by atoms with Gasteiger partial charge in [-0.25, -0.2) is 0 Å². The van der Waals surface area contributed by atoms with Gasteiger partial charge in [0.25, 0.3) is 5.91 Å². The molecule has 2 rings (SSSR count). The number of benzene rings is 1. The third kappa shape index (κ3) is 5.96. The number of nitrogens with two attached hydrogens (primary N) is 2. The van der Waals surface area contributed by atoms with Crippen molar-refractivity contribution in [2.75, 3.05) is 17.2 Å². The molecule has 26 heavy (non-hydrogen) atoms. The molecule has 7 N–H and O–H groups in total. The summed E-state index contributed by atoms with van der Waals surface area (Å²) in [4.78, 5) is 23.8. The van der Waals surface area contributed by atoms with Gasteiger partial charge < -0.3 is 27.4 Å². The fraction of sp³-hybridized carbons (Fsp3) is 0.444. The monoisotopic (exact) mass is 378 g/mol. The zero-order valence-electron chi connectivity index (χ0n) is 15.2. The molecule has 7 nitrogen and oxygen atoms in total. The molecule has 0 saturated carbocycles. The Hall–Kier alpha value is -2.19. The van der Waals surface area contributed by atoms with Gasteiger partial charge in [-0.15, -0.1) is 0 Å². The lowest BCUT2D eigenvalue weighted by Gasteiger charge is -2.18. The van der Waals surface area contributed by atoms with E-state index in [9.17, 15) is 9.59 Å². The van der Waals surface area contributed by atoms with Crippen LogP contribution >= 0.6 is 0 Å². The van der Waals surface area contributed by atoms with Crippen LogP contribution < -0.4 is 27.4 Å². The van der Waals surface area contributed by atoms with Crippen LogP contribution in [0.4, 0.5) is 11.4 Å². The number of anilines is 2. The molecule has 0 aliphatic carbocycles. The molecular weight excluding hydrogens is 350 g/mol. The van der Waals surface area contributed by atoms with Gasteiger partial charge >= 0.3 is 0 Å². The molecule has 1 saturated heterocycles. The van der Waals surface area contributed by atoms with Gasteiger partial charge in [-0.2, -0.15) is 0 Å². The fourth-order valence-electron chi connectivity index (χ4n) is 2.78. The Balaban J connectivity index is 2.25. The second-order valence-corrected chi connectivity index (χ2v) is 7.65. The minimum Gasteiger partial charge on any atom is -0.374 e. The fourth-order valence-corrected chi connectivity index (χ4v) is 3.29. The minimum atomic E-state index is -0.544. The van der Waals surface area contributed by atoms with Gasteiger partial charge in [0.2, 0.25) is 10.9 Å². The largest absolute Gasteiger partial charge is 0.374 e. The van der Waals surface area contributed by atoms with Crippen LogP contribution in [0.2, 0.25) is 0 Å². The van der Waals surface area contributed by atoms with Crippen LogP contribution in [-0.2, 0) is 17.4 Å². The number of amides is 2. The van der Waals surface area contributed by atoms with Crippen molar-refractivity contribution in [3.63, 3.8) is 0 Å². The molecule has 0 radical (unpaired) electrons. The summed E-state index contributed by atoms with van der Waals surface area (Å²) in [6, 6.07) is 4.84. The van der Waals surface area contributed by atoms with Gasteiger partial charge in [0.1, 0.15) is 6.04 Å². The van der Waals surface area contributed by atoms with Gasteiger partial charge in [0.15, 0.2) is 0 Å². The Bertz CT molecular complexity index is 712. The maximum Gasteiger partial charge on any atom is 0.250 e. The molecule has 8 heteroatoms. The van der Waals surface area contributed by atoms with E-state index in [2.05, 4.69) is 28.6 Å². The number of hydrogen-bond acceptors (Lipinski definition) is 5. The number of nitrogens with one attached hydrogen (secondary N) is 3. The Morgan fingerprint density at radius 2 is 2.12 bits per heavy atom. The highest BCUT2D eigenvalue weighted by Gasteiger charge is 2.21. The Morgan fingerprint density at radius 1 is 1.38 bits per heavy atom. The van der Waals surface area contributed by atoms with Crippen LogP contribution in [0.5, 0.6) is 0 Å². The van der Waals surface area contributed by atoms with Crippen LogP contribution in [0, 0.1) is 0 Å². The number of hydrogen-bond donors (Lipinski definition) is 5. The molecule has 1 aliphatic heterocycles. The summed E-state index contributed by atoms with van der Waals surface area (Å²) in [5.74, 6) is -0.556. The van der Waals surface area contributed by atoms with Crippen LogP contribution in [-0.4, -0.2) is 29.9 Å². The Morgan fingerprint density at radius 3 is 2.77 bits per heavy atom. The van der Waals surface area contributed by atoms with Crippen molar-refractivity contribution in [1.82, 2.24) is 5.32 Å². The summed E-state index contributed by atoms with van der Waals surface area (Å²) in [6.45, 7) is 4.41. The third-order valence-electron chi connectivity index (χ3n) is 3.95. The molecule has 1 aliphatic rings. The lowest BCUT2D eigenvalue weighted by Crippen LogP contribution is -2.37. The molecule has 0 bridgehead atoms. The average Bonchev–Trinajstić information content (AvgIpc) is 2.70. The van der Waals surface area contributed by atoms with E-state index in [1.54, 1.807) is 24.3 Å². The highest BCUT2D eigenvalue weighted by atomic mass is 32.1. The Labute approximate surface area is 159 Å². The molecule has 2 amide bonds. The van der Waals surface area contributed by atoms with Crippen LogP contribution in [0.25, 0.3) is 0 Å². The normalized spacial score (nSPS) is 18.7. The predicted octanol–water partition coefficient (Wildman–Crippen LogP) is 0.868. The molecule has 1 unspecified atom stereocenters. The van der Waals surface area contributed by atoms with Crippen molar-refractivity contribution in [2.45, 2.75) is 44.7 Å². The van der Waals surface area contributed by atoms with Crippen LogP contribution in [0.3, 0.4) is 0 Å². The van der Waals surface area contributed by atoms with Crippen molar-refractivity contribution in [3.05, 3.63) is 34.9 Å². The molecular formula is C18H28N5O2S+. The zero-order valence-corrected chi connectivity index (χ0v) is 16.2. The maximum atomic E-state index is 12.1. The lowest BCUT2D eigenvalue weighted by molar-refractivity contribution is -0.121. The van der Waals surface area contributed by atoms with E-state index in [0.29, 0.717) is 22.8 Å². The average molecular weight is 379 g/mol. The molecule has 1 aromatic rings. The summed E-state index contributed by atoms with van der Waals surface area (Å²) < 4.78 is 0. The molecule has 1 fully saturated rings. The highest BCUT2D eigenvalue weighted by Crippen LogP contribution is 2.24. The maximum absolute atomic E-state index is 12.1. The quantitative estimate of drug-likeness (QED) is 0.470. The second kappa shape index (κ2) is 8.46. The SMILES string of the molecule is CC(C)(N)/C=C(\[SH2+])Nc1cc(NC2CCCCNC2=O)ccc1C(N)=O. The first kappa shape index (κ1) is 20.1. The zero-order chi connectivity index (χ0) is 19.3. The van der Waals surface area contributed by atoms with E-state index in [0.717, 1.165) is 24.9 Å². The van der Waals surface area contributed by atoms with E-state index in [1.807, 2.05) is 13.8 Å². The lowest BCUT2D eigenvalue weighted by atomic mass is 10.1. The van der Waals surface area contributed by atoms with Gasteiger partial charge in [-0.1, -0.05) is 0 Å². The van der Waals surface area contributed by atoms with E-state index in [1.165, 1.54) is 0 Å². The number of primary amides is 1. The first-order chi connectivity index (χ1) is 12.2. The Kier molecular flexibility index (Phi) is 6.55. The summed E-state index contributed by atoms with van der Waals surface area (Å²) >= 11 is 3.47. The van der Waals surface area contributed by atoms with Crippen molar-refractivity contribution < 1.29 is 9.59 Å². The molecule has 142 valence electrons. The van der Waals surface area contributed by atoms with E-state index in [-0.39, 0.29) is 11.9 Å². The molecule has 0 spiro atoms. The van der Waals surface area contributed by atoms with Gasteiger partial charge in [-0.3, -0.25) is 9.59 Å². The van der Waals surface area contributed by atoms with Crippen molar-refractivity contribution in [2.24, 2.45) is 11.5 Å². The van der Waals surface area contributed by atoms with Crippen molar-refractivity contribution in [3.8, 4) is 0 Å². The summed E-state index contributed by atoms with van der Waals surface area (Å²) in [5.41, 5.74) is 12.5. The molecule has 1 heterocycles. The first-order valence-electron chi connectivity index (χ1n) is 8.64. The summed E-state index contributed by atoms with van der Waals surface area (Å²) in [7, 11) is 0. The molecule has 1 atom stereocenters. The summed E-state index contributed by atoms with van der Waals surface area (Å²) in [6.07, 6.45) is 4.49. The third-order valence-corrected chi connectivity index (χ3v) is 4.22. The van der Waals surface area contributed by atoms with Gasteiger partial charge in [-0.05, 0) is 51.3 Å². The van der Waals surface area contributed by atoms with Crippen LogP contribution in [0.15, 0.2) is 29.3 Å². The van der Waals surface area contributed by atoms with Crippen molar-refractivity contribution >= 4 is 35.8 Å². The van der Waals surface area contributed by atoms with Crippen molar-refractivity contribution in [1.29, 1.82) is 0 Å². The van der Waals surface area contributed by atoms with Gasteiger partial charge in [0.05, 0.1) is 11.3 Å².